The van der Waals surface area contributed by atoms with Crippen LogP contribution in [0.3, 0.4) is 0 Å². The first-order chi connectivity index (χ1) is 8.09. The maximum atomic E-state index is 12.1. The van der Waals surface area contributed by atoms with Crippen LogP contribution in [0.1, 0.15) is 16.8 Å². The predicted octanol–water partition coefficient (Wildman–Crippen LogP) is 0.682. The molecule has 0 radical (unpaired) electrons. The largest absolute Gasteiger partial charge is 0.369 e. The van der Waals surface area contributed by atoms with Crippen molar-refractivity contribution in [2.24, 2.45) is 11.7 Å². The van der Waals surface area contributed by atoms with E-state index in [9.17, 15) is 9.59 Å². The van der Waals surface area contributed by atoms with Gasteiger partial charge >= 0.3 is 0 Å². The minimum atomic E-state index is -0.360. The van der Waals surface area contributed by atoms with Gasteiger partial charge in [0.25, 0.3) is 5.91 Å². The Balaban J connectivity index is 2.13. The molecular weight excluding hydrogens is 242 g/mol. The SMILES string of the molecule is NC(=O)C1CCN(C(=O)c2ccncc2Cl)C1. The number of hydrogen-bond donors (Lipinski definition) is 1. The zero-order valence-corrected chi connectivity index (χ0v) is 9.85. The van der Waals surface area contributed by atoms with Crippen molar-refractivity contribution in [2.45, 2.75) is 6.42 Å². The predicted molar refractivity (Wildman–Crippen MR) is 62.5 cm³/mol. The molecule has 1 atom stereocenters. The van der Waals surface area contributed by atoms with Crippen LogP contribution in [0.2, 0.25) is 5.02 Å². The van der Waals surface area contributed by atoms with Crippen LogP contribution in [0.5, 0.6) is 0 Å². The summed E-state index contributed by atoms with van der Waals surface area (Å²) in [5.74, 6) is -0.790. The molecule has 1 aromatic rings. The monoisotopic (exact) mass is 253 g/mol. The van der Waals surface area contributed by atoms with Crippen molar-refractivity contribution in [3.05, 3.63) is 29.0 Å². The summed E-state index contributed by atoms with van der Waals surface area (Å²) in [6.45, 7) is 0.901. The quantitative estimate of drug-likeness (QED) is 0.842. The fourth-order valence-corrected chi connectivity index (χ4v) is 2.10. The summed E-state index contributed by atoms with van der Waals surface area (Å²) >= 11 is 5.89. The molecule has 2 heterocycles. The number of likely N-dealkylation sites (tertiary alicyclic amines) is 1. The molecule has 2 N–H and O–H groups in total. The first-order valence-electron chi connectivity index (χ1n) is 5.27. The molecular formula is C11H12ClN3O2. The van der Waals surface area contributed by atoms with Crippen molar-refractivity contribution in [3.63, 3.8) is 0 Å². The van der Waals surface area contributed by atoms with Crippen molar-refractivity contribution < 1.29 is 9.59 Å². The second-order valence-electron chi connectivity index (χ2n) is 3.99. The van der Waals surface area contributed by atoms with Gasteiger partial charge in [0.15, 0.2) is 0 Å². The van der Waals surface area contributed by atoms with Crippen LogP contribution in [-0.2, 0) is 4.79 Å². The second kappa shape index (κ2) is 4.71. The van der Waals surface area contributed by atoms with Gasteiger partial charge in [0, 0.05) is 25.5 Å². The third-order valence-corrected chi connectivity index (χ3v) is 3.18. The van der Waals surface area contributed by atoms with Gasteiger partial charge in [0.05, 0.1) is 16.5 Å². The minimum absolute atomic E-state index is 0.179. The summed E-state index contributed by atoms with van der Waals surface area (Å²) in [6.07, 6.45) is 3.56. The Morgan fingerprint density at radius 1 is 1.53 bits per heavy atom. The number of amides is 2. The number of hydrogen-bond acceptors (Lipinski definition) is 3. The van der Waals surface area contributed by atoms with Crippen molar-refractivity contribution in [1.29, 1.82) is 0 Å². The lowest BCUT2D eigenvalue weighted by molar-refractivity contribution is -0.121. The number of halogens is 1. The van der Waals surface area contributed by atoms with E-state index < -0.39 is 0 Å². The average molecular weight is 254 g/mol. The molecule has 1 aliphatic heterocycles. The highest BCUT2D eigenvalue weighted by Gasteiger charge is 2.30. The molecule has 2 rings (SSSR count). The van der Waals surface area contributed by atoms with E-state index in [0.717, 1.165) is 0 Å². The van der Waals surface area contributed by atoms with Crippen molar-refractivity contribution in [2.75, 3.05) is 13.1 Å². The number of aromatic nitrogens is 1. The fourth-order valence-electron chi connectivity index (χ4n) is 1.90. The van der Waals surface area contributed by atoms with Gasteiger partial charge in [-0.15, -0.1) is 0 Å². The summed E-state index contributed by atoms with van der Waals surface area (Å²) < 4.78 is 0. The van der Waals surface area contributed by atoms with Crippen LogP contribution in [0.15, 0.2) is 18.5 Å². The molecule has 6 heteroatoms. The van der Waals surface area contributed by atoms with E-state index in [2.05, 4.69) is 4.98 Å². The summed E-state index contributed by atoms with van der Waals surface area (Å²) in [7, 11) is 0. The smallest absolute Gasteiger partial charge is 0.255 e. The van der Waals surface area contributed by atoms with Crippen LogP contribution >= 0.6 is 11.6 Å². The zero-order chi connectivity index (χ0) is 12.4. The van der Waals surface area contributed by atoms with Gasteiger partial charge in [0.1, 0.15) is 0 Å². The summed E-state index contributed by atoms with van der Waals surface area (Å²) in [5.41, 5.74) is 5.62. The Kier molecular flexibility index (Phi) is 3.28. The van der Waals surface area contributed by atoms with Gasteiger partial charge < -0.3 is 10.6 Å². The third-order valence-electron chi connectivity index (χ3n) is 2.88. The van der Waals surface area contributed by atoms with Gasteiger partial charge in [-0.2, -0.15) is 0 Å². The number of carbonyl (C=O) groups is 2. The first-order valence-corrected chi connectivity index (χ1v) is 5.65. The molecule has 90 valence electrons. The maximum Gasteiger partial charge on any atom is 0.255 e. The molecule has 0 aromatic carbocycles. The highest BCUT2D eigenvalue weighted by Crippen LogP contribution is 2.21. The fraction of sp³-hybridized carbons (Fsp3) is 0.364. The van der Waals surface area contributed by atoms with Crippen LogP contribution < -0.4 is 5.73 Å². The highest BCUT2D eigenvalue weighted by molar-refractivity contribution is 6.33. The standard InChI is InChI=1S/C11H12ClN3O2/c12-9-5-14-3-1-8(9)11(17)15-4-2-7(6-15)10(13)16/h1,3,5,7H,2,4,6H2,(H2,13,16). The zero-order valence-electron chi connectivity index (χ0n) is 9.10. The summed E-state index contributed by atoms with van der Waals surface area (Å²) in [4.78, 5) is 28.5. The molecule has 5 nitrogen and oxygen atoms in total. The Labute approximate surface area is 104 Å². The highest BCUT2D eigenvalue weighted by atomic mass is 35.5. The molecule has 0 saturated carbocycles. The number of primary amides is 1. The third kappa shape index (κ3) is 2.39. The Hall–Kier alpha value is -1.62. The molecule has 0 aliphatic carbocycles. The van der Waals surface area contributed by atoms with Crippen LogP contribution in [-0.4, -0.2) is 34.8 Å². The van der Waals surface area contributed by atoms with Crippen molar-refractivity contribution >= 4 is 23.4 Å². The van der Waals surface area contributed by atoms with Gasteiger partial charge in [-0.1, -0.05) is 11.6 Å². The minimum Gasteiger partial charge on any atom is -0.369 e. The maximum absolute atomic E-state index is 12.1. The van der Waals surface area contributed by atoms with E-state index in [-0.39, 0.29) is 17.7 Å². The van der Waals surface area contributed by atoms with E-state index in [0.29, 0.717) is 30.1 Å². The van der Waals surface area contributed by atoms with Crippen LogP contribution in [0.4, 0.5) is 0 Å². The molecule has 1 aliphatic rings. The Morgan fingerprint density at radius 3 is 2.88 bits per heavy atom. The molecule has 1 fully saturated rings. The number of nitrogens with zero attached hydrogens (tertiary/aromatic N) is 2. The van der Waals surface area contributed by atoms with Gasteiger partial charge in [-0.3, -0.25) is 14.6 Å². The average Bonchev–Trinajstić information content (AvgIpc) is 2.78. The van der Waals surface area contributed by atoms with E-state index in [1.54, 1.807) is 11.0 Å². The molecule has 2 amide bonds. The van der Waals surface area contributed by atoms with Crippen LogP contribution in [0.25, 0.3) is 0 Å². The van der Waals surface area contributed by atoms with Crippen molar-refractivity contribution in [1.82, 2.24) is 9.88 Å². The number of pyridine rings is 1. The lowest BCUT2D eigenvalue weighted by Gasteiger charge is -2.16. The van der Waals surface area contributed by atoms with E-state index in [1.165, 1.54) is 12.4 Å². The molecule has 1 unspecified atom stereocenters. The second-order valence-corrected chi connectivity index (χ2v) is 4.40. The molecule has 1 saturated heterocycles. The molecule has 0 spiro atoms. The summed E-state index contributed by atoms with van der Waals surface area (Å²) in [5, 5.41) is 0.319. The normalized spacial score (nSPS) is 19.4. The molecule has 17 heavy (non-hydrogen) atoms. The number of rotatable bonds is 2. The lowest BCUT2D eigenvalue weighted by atomic mass is 10.1. The Bertz CT molecular complexity index is 464. The topological polar surface area (TPSA) is 76.3 Å². The molecule has 1 aromatic heterocycles. The van der Waals surface area contributed by atoms with Crippen molar-refractivity contribution in [3.8, 4) is 0 Å². The Morgan fingerprint density at radius 2 is 2.29 bits per heavy atom. The van der Waals surface area contributed by atoms with E-state index in [4.69, 9.17) is 17.3 Å². The van der Waals surface area contributed by atoms with Gasteiger partial charge in [0.2, 0.25) is 5.91 Å². The summed E-state index contributed by atoms with van der Waals surface area (Å²) in [6, 6.07) is 1.57. The first kappa shape index (κ1) is 11.9. The van der Waals surface area contributed by atoms with E-state index in [1.807, 2.05) is 0 Å². The van der Waals surface area contributed by atoms with E-state index >= 15 is 0 Å². The number of carbonyl (C=O) groups excluding carboxylic acids is 2. The van der Waals surface area contributed by atoms with Crippen LogP contribution in [0, 0.1) is 5.92 Å². The van der Waals surface area contributed by atoms with Gasteiger partial charge in [-0.25, -0.2) is 0 Å². The lowest BCUT2D eigenvalue weighted by Crippen LogP contribution is -2.31. The molecule has 0 bridgehead atoms. The number of nitrogens with two attached hydrogens (primary N) is 1. The van der Waals surface area contributed by atoms with Gasteiger partial charge in [-0.05, 0) is 12.5 Å².